The van der Waals surface area contributed by atoms with Crippen molar-refractivity contribution in [2.45, 2.75) is 6.10 Å². The minimum atomic E-state index is -1.23. The summed E-state index contributed by atoms with van der Waals surface area (Å²) in [6.45, 7) is 0.291. The molecule has 1 unspecified atom stereocenters. The van der Waals surface area contributed by atoms with Gasteiger partial charge in [0.1, 0.15) is 25.1 Å². The number of methoxy groups -OCH3 is 3. The number of carboxylic acids is 1. The van der Waals surface area contributed by atoms with Gasteiger partial charge in [0.25, 0.3) is 0 Å². The largest absolute Gasteiger partial charge is 0.479 e. The molecule has 0 aliphatic rings. The zero-order chi connectivity index (χ0) is 31.9. The van der Waals surface area contributed by atoms with Gasteiger partial charge in [0.05, 0.1) is 50.6 Å². The van der Waals surface area contributed by atoms with E-state index in [0.29, 0.717) is 11.1 Å². The van der Waals surface area contributed by atoms with Crippen molar-refractivity contribution in [2.75, 3.05) is 74.2 Å². The van der Waals surface area contributed by atoms with Crippen LogP contribution in [0.25, 0.3) is 22.1 Å². The van der Waals surface area contributed by atoms with Crippen LogP contribution in [0.15, 0.2) is 51.9 Å². The van der Waals surface area contributed by atoms with Gasteiger partial charge >= 0.3 is 17.9 Å². The Morgan fingerprint density at radius 2 is 1.32 bits per heavy atom. The first-order valence-corrected chi connectivity index (χ1v) is 13.4. The number of ether oxygens (including phenoxy) is 8. The zero-order valence-electron chi connectivity index (χ0n) is 24.5. The molecular formula is C30H34O14. The number of esters is 2. The van der Waals surface area contributed by atoms with E-state index in [1.54, 1.807) is 12.1 Å². The van der Waals surface area contributed by atoms with Crippen LogP contribution < -0.4 is 14.9 Å². The summed E-state index contributed by atoms with van der Waals surface area (Å²) in [6, 6.07) is 8.64. The van der Waals surface area contributed by atoms with Crippen molar-refractivity contribution in [2.24, 2.45) is 0 Å². The monoisotopic (exact) mass is 618 g/mol. The van der Waals surface area contributed by atoms with Crippen molar-refractivity contribution < 1.29 is 61.8 Å². The fraction of sp³-hybridized carbons (Fsp3) is 0.400. The second-order valence-electron chi connectivity index (χ2n) is 9.02. The Morgan fingerprint density at radius 3 is 1.86 bits per heavy atom. The Labute approximate surface area is 252 Å². The maximum Gasteiger partial charge on any atom is 0.337 e. The Bertz CT molecular complexity index is 1450. The maximum atomic E-state index is 13.5. The van der Waals surface area contributed by atoms with E-state index >= 15 is 0 Å². The molecule has 14 nitrogen and oxygen atoms in total. The molecule has 238 valence electrons. The lowest BCUT2D eigenvalue weighted by atomic mass is 10.0. The molecule has 1 N–H and O–H groups in total. The molecule has 2 aromatic carbocycles. The number of rotatable bonds is 19. The van der Waals surface area contributed by atoms with Crippen LogP contribution in [-0.4, -0.2) is 97.2 Å². The number of carbonyl (C=O) groups excluding carboxylic acids is 2. The molecule has 0 bridgehead atoms. The van der Waals surface area contributed by atoms with Crippen LogP contribution in [0.2, 0.25) is 0 Å². The molecule has 1 heterocycles. The van der Waals surface area contributed by atoms with E-state index in [2.05, 4.69) is 0 Å². The summed E-state index contributed by atoms with van der Waals surface area (Å²) in [5.74, 6) is -3.19. The number of carboxylic acid groups (broad SMARTS) is 1. The van der Waals surface area contributed by atoms with Crippen LogP contribution >= 0.6 is 0 Å². The molecule has 14 heteroatoms. The van der Waals surface area contributed by atoms with Gasteiger partial charge in [-0.15, -0.1) is 0 Å². The predicted molar refractivity (Wildman–Crippen MR) is 153 cm³/mol. The number of fused-ring (bicyclic) bond motifs is 1. The highest BCUT2D eigenvalue weighted by Gasteiger charge is 2.22. The SMILES string of the molecule is COCCOCC(=O)Oc1cc2occ(-c3ccc(C(OCCOC)C(=O)O)cc3)c(=O)c2cc1OC(=O)COCCOC. The van der Waals surface area contributed by atoms with Crippen LogP contribution in [0, 0.1) is 0 Å². The second kappa shape index (κ2) is 17.8. The van der Waals surface area contributed by atoms with Gasteiger partial charge in [-0.05, 0) is 17.2 Å². The molecule has 44 heavy (non-hydrogen) atoms. The van der Waals surface area contributed by atoms with E-state index in [4.69, 9.17) is 42.3 Å². The van der Waals surface area contributed by atoms with Crippen molar-refractivity contribution >= 4 is 28.9 Å². The standard InChI is InChI=1S/C30H34O14/c1-36-8-11-39-17-26(31)43-24-14-21-23(15-25(24)44-27(32)18-40-12-9-37-2)42-16-22(28(21)33)19-4-6-20(7-5-19)29(30(34)35)41-13-10-38-3/h4-7,14-16,29H,8-13,17-18H2,1-3H3,(H,34,35). The summed E-state index contributed by atoms with van der Waals surface area (Å²) < 4.78 is 46.8. The lowest BCUT2D eigenvalue weighted by Gasteiger charge is -2.14. The predicted octanol–water partition coefficient (Wildman–Crippen LogP) is 2.39. The van der Waals surface area contributed by atoms with Gasteiger partial charge in [0.2, 0.25) is 5.43 Å². The second-order valence-corrected chi connectivity index (χ2v) is 9.02. The fourth-order valence-corrected chi connectivity index (χ4v) is 3.79. The van der Waals surface area contributed by atoms with Crippen molar-refractivity contribution in [1.82, 2.24) is 0 Å². The summed E-state index contributed by atoms with van der Waals surface area (Å²) in [4.78, 5) is 50.1. The van der Waals surface area contributed by atoms with E-state index in [0.717, 1.165) is 0 Å². The third kappa shape index (κ3) is 9.94. The maximum absolute atomic E-state index is 13.5. The molecule has 0 aliphatic carbocycles. The smallest absolute Gasteiger partial charge is 0.337 e. The van der Waals surface area contributed by atoms with E-state index in [-0.39, 0.29) is 67.7 Å². The van der Waals surface area contributed by atoms with E-state index < -0.39 is 42.7 Å². The third-order valence-electron chi connectivity index (χ3n) is 5.91. The normalized spacial score (nSPS) is 11.8. The highest BCUT2D eigenvalue weighted by molar-refractivity contribution is 5.87. The molecule has 0 amide bonds. The summed E-state index contributed by atoms with van der Waals surface area (Å²) >= 11 is 0. The average Bonchev–Trinajstić information content (AvgIpc) is 3.00. The molecule has 3 rings (SSSR count). The van der Waals surface area contributed by atoms with Gasteiger partial charge in [-0.1, -0.05) is 24.3 Å². The summed E-state index contributed by atoms with van der Waals surface area (Å²) in [7, 11) is 4.44. The van der Waals surface area contributed by atoms with Gasteiger partial charge in [0, 0.05) is 27.4 Å². The number of carbonyl (C=O) groups is 3. The highest BCUT2D eigenvalue weighted by atomic mass is 16.6. The molecule has 0 radical (unpaired) electrons. The highest BCUT2D eigenvalue weighted by Crippen LogP contribution is 2.33. The molecular weight excluding hydrogens is 584 g/mol. The lowest BCUT2D eigenvalue weighted by Crippen LogP contribution is -2.20. The molecule has 0 fully saturated rings. The Morgan fingerprint density at radius 1 is 0.773 bits per heavy atom. The van der Waals surface area contributed by atoms with Crippen molar-refractivity contribution in [1.29, 1.82) is 0 Å². The van der Waals surface area contributed by atoms with Gasteiger partial charge in [-0.25, -0.2) is 14.4 Å². The van der Waals surface area contributed by atoms with Gasteiger partial charge in [0.15, 0.2) is 17.6 Å². The number of aliphatic carboxylic acids is 1. The number of hydrogen-bond acceptors (Lipinski definition) is 13. The van der Waals surface area contributed by atoms with Crippen molar-refractivity contribution in [3.8, 4) is 22.6 Å². The minimum absolute atomic E-state index is 0.0251. The molecule has 1 atom stereocenters. The Balaban J connectivity index is 1.92. The third-order valence-corrected chi connectivity index (χ3v) is 5.91. The van der Waals surface area contributed by atoms with Crippen molar-refractivity contribution in [3.05, 3.63) is 58.4 Å². The van der Waals surface area contributed by atoms with Gasteiger partial charge in [-0.3, -0.25) is 4.79 Å². The molecule has 3 aromatic rings. The first-order chi connectivity index (χ1) is 21.3. The molecule has 0 aliphatic heterocycles. The van der Waals surface area contributed by atoms with E-state index in [1.807, 2.05) is 0 Å². The first kappa shape index (κ1) is 34.3. The van der Waals surface area contributed by atoms with Gasteiger partial charge < -0.3 is 47.4 Å². The summed E-state index contributed by atoms with van der Waals surface area (Å²) in [6.07, 6.45) is -0.00691. The fourth-order valence-electron chi connectivity index (χ4n) is 3.79. The first-order valence-electron chi connectivity index (χ1n) is 13.4. The molecule has 1 aromatic heterocycles. The van der Waals surface area contributed by atoms with Crippen LogP contribution in [-0.2, 0) is 42.8 Å². The minimum Gasteiger partial charge on any atom is -0.479 e. The van der Waals surface area contributed by atoms with Crippen LogP contribution in [0.3, 0.4) is 0 Å². The average molecular weight is 619 g/mol. The Hall–Kier alpha value is -4.18. The van der Waals surface area contributed by atoms with Gasteiger partial charge in [-0.2, -0.15) is 0 Å². The molecule has 0 saturated carbocycles. The van der Waals surface area contributed by atoms with E-state index in [9.17, 15) is 24.3 Å². The Kier molecular flexibility index (Phi) is 13.9. The van der Waals surface area contributed by atoms with Crippen molar-refractivity contribution in [3.63, 3.8) is 0 Å². The van der Waals surface area contributed by atoms with Crippen LogP contribution in [0.5, 0.6) is 11.5 Å². The lowest BCUT2D eigenvalue weighted by molar-refractivity contribution is -0.151. The van der Waals surface area contributed by atoms with Crippen LogP contribution in [0.4, 0.5) is 0 Å². The topological polar surface area (TPSA) is 175 Å². The molecule has 0 saturated heterocycles. The quantitative estimate of drug-likeness (QED) is 0.118. The summed E-state index contributed by atoms with van der Waals surface area (Å²) in [5.41, 5.74) is 0.501. The zero-order valence-corrected chi connectivity index (χ0v) is 24.5. The van der Waals surface area contributed by atoms with E-state index in [1.165, 1.54) is 51.9 Å². The molecule has 0 spiro atoms. The number of benzene rings is 2. The number of hydrogen-bond donors (Lipinski definition) is 1. The van der Waals surface area contributed by atoms with Crippen LogP contribution in [0.1, 0.15) is 11.7 Å². The summed E-state index contributed by atoms with van der Waals surface area (Å²) in [5, 5.41) is 9.58.